The number of hydrogen-bond donors (Lipinski definition) is 1. The standard InChI is InChI=1S/C21H15N3O3S/c25-19(11-18-15-3-1-2-4-16(15)20(26)27-18)22-14-7-5-13(6-8-14)17-12-24-9-10-28-21(24)23-17/h1-10,12,18H,11H2,(H,22,25). The van der Waals surface area contributed by atoms with Gasteiger partial charge in [-0.05, 0) is 18.2 Å². The van der Waals surface area contributed by atoms with E-state index in [2.05, 4.69) is 10.3 Å². The lowest BCUT2D eigenvalue weighted by molar-refractivity contribution is -0.118. The van der Waals surface area contributed by atoms with Crippen molar-refractivity contribution in [2.45, 2.75) is 12.5 Å². The molecule has 0 radical (unpaired) electrons. The molecule has 3 heterocycles. The lowest BCUT2D eigenvalue weighted by atomic mass is 10.0. The van der Waals surface area contributed by atoms with Crippen molar-refractivity contribution in [2.75, 3.05) is 5.32 Å². The minimum Gasteiger partial charge on any atom is -0.453 e. The molecule has 138 valence electrons. The van der Waals surface area contributed by atoms with Gasteiger partial charge in [-0.3, -0.25) is 9.20 Å². The van der Waals surface area contributed by atoms with Gasteiger partial charge in [0, 0.05) is 34.6 Å². The number of thiazole rings is 1. The molecule has 1 N–H and O–H groups in total. The molecule has 0 aliphatic carbocycles. The van der Waals surface area contributed by atoms with Crippen LogP contribution in [-0.2, 0) is 9.53 Å². The predicted molar refractivity (Wildman–Crippen MR) is 106 cm³/mol. The molecule has 7 heteroatoms. The van der Waals surface area contributed by atoms with Crippen molar-refractivity contribution in [3.63, 3.8) is 0 Å². The van der Waals surface area contributed by atoms with Crippen LogP contribution in [0.15, 0.2) is 66.3 Å². The minimum absolute atomic E-state index is 0.0851. The summed E-state index contributed by atoms with van der Waals surface area (Å²) in [6, 6.07) is 14.7. The van der Waals surface area contributed by atoms with Gasteiger partial charge in [0.2, 0.25) is 5.91 Å². The highest BCUT2D eigenvalue weighted by atomic mass is 32.1. The Bertz CT molecular complexity index is 1160. The van der Waals surface area contributed by atoms with Gasteiger partial charge in [-0.15, -0.1) is 11.3 Å². The van der Waals surface area contributed by atoms with Crippen LogP contribution in [0.5, 0.6) is 0 Å². The maximum absolute atomic E-state index is 12.4. The number of carbonyl (C=O) groups is 2. The fourth-order valence-corrected chi connectivity index (χ4v) is 4.04. The zero-order valence-corrected chi connectivity index (χ0v) is 15.5. The van der Waals surface area contributed by atoms with E-state index < -0.39 is 6.10 Å². The zero-order chi connectivity index (χ0) is 19.1. The number of carbonyl (C=O) groups excluding carboxylic acids is 2. The van der Waals surface area contributed by atoms with Crippen molar-refractivity contribution in [3.05, 3.63) is 77.4 Å². The molecule has 4 aromatic rings. The maximum Gasteiger partial charge on any atom is 0.339 e. The molecule has 0 saturated heterocycles. The number of amides is 1. The number of aromatic nitrogens is 2. The number of esters is 1. The van der Waals surface area contributed by atoms with E-state index in [-0.39, 0.29) is 18.3 Å². The third-order valence-corrected chi connectivity index (χ3v) is 5.48. The summed E-state index contributed by atoms with van der Waals surface area (Å²) in [7, 11) is 0. The molecule has 1 amide bonds. The Morgan fingerprint density at radius 3 is 2.82 bits per heavy atom. The number of nitrogens with zero attached hydrogens (tertiary/aromatic N) is 2. The van der Waals surface area contributed by atoms with Crippen LogP contribution in [0.2, 0.25) is 0 Å². The quantitative estimate of drug-likeness (QED) is 0.528. The molecule has 0 fully saturated rings. The van der Waals surface area contributed by atoms with E-state index in [1.165, 1.54) is 0 Å². The average Bonchev–Trinajstić information content (AvgIpc) is 3.37. The first-order valence-electron chi connectivity index (χ1n) is 8.80. The van der Waals surface area contributed by atoms with Gasteiger partial charge in [0.15, 0.2) is 4.96 Å². The van der Waals surface area contributed by atoms with Crippen molar-refractivity contribution in [1.29, 1.82) is 0 Å². The monoisotopic (exact) mass is 389 g/mol. The van der Waals surface area contributed by atoms with Gasteiger partial charge in [-0.2, -0.15) is 0 Å². The maximum atomic E-state index is 12.4. The molecule has 1 unspecified atom stereocenters. The largest absolute Gasteiger partial charge is 0.453 e. The van der Waals surface area contributed by atoms with Crippen LogP contribution in [0, 0.1) is 0 Å². The van der Waals surface area contributed by atoms with Crippen LogP contribution in [0.4, 0.5) is 5.69 Å². The van der Waals surface area contributed by atoms with E-state index in [9.17, 15) is 9.59 Å². The Balaban J connectivity index is 1.27. The average molecular weight is 389 g/mol. The van der Waals surface area contributed by atoms with E-state index in [1.54, 1.807) is 23.5 Å². The molecule has 1 atom stereocenters. The Hall–Kier alpha value is -3.45. The van der Waals surface area contributed by atoms with Crippen molar-refractivity contribution < 1.29 is 14.3 Å². The van der Waals surface area contributed by atoms with Gasteiger partial charge < -0.3 is 10.1 Å². The summed E-state index contributed by atoms with van der Waals surface area (Å²) in [5.74, 6) is -0.581. The molecule has 1 aliphatic rings. The lowest BCUT2D eigenvalue weighted by Gasteiger charge is -2.11. The minimum atomic E-state index is -0.540. The Labute approximate surface area is 164 Å². The van der Waals surface area contributed by atoms with Crippen LogP contribution in [-0.4, -0.2) is 21.3 Å². The smallest absolute Gasteiger partial charge is 0.339 e. The van der Waals surface area contributed by atoms with Crippen molar-refractivity contribution in [2.24, 2.45) is 0 Å². The predicted octanol–water partition coefficient (Wildman–Crippen LogP) is 4.30. The summed E-state index contributed by atoms with van der Waals surface area (Å²) in [6.07, 6.45) is 3.49. The Morgan fingerprint density at radius 1 is 1.18 bits per heavy atom. The van der Waals surface area contributed by atoms with Gasteiger partial charge in [0.1, 0.15) is 6.10 Å². The van der Waals surface area contributed by atoms with Gasteiger partial charge in [0.25, 0.3) is 0 Å². The van der Waals surface area contributed by atoms with Crippen LogP contribution in [0.3, 0.4) is 0 Å². The number of ether oxygens (including phenoxy) is 1. The highest BCUT2D eigenvalue weighted by Crippen LogP contribution is 2.33. The second-order valence-corrected chi connectivity index (χ2v) is 7.40. The Morgan fingerprint density at radius 2 is 2.00 bits per heavy atom. The fourth-order valence-electron chi connectivity index (χ4n) is 3.34. The topological polar surface area (TPSA) is 72.7 Å². The number of hydrogen-bond acceptors (Lipinski definition) is 5. The highest BCUT2D eigenvalue weighted by Gasteiger charge is 2.32. The number of cyclic esters (lactones) is 1. The molecule has 0 bridgehead atoms. The number of benzene rings is 2. The molecule has 6 nitrogen and oxygen atoms in total. The second kappa shape index (κ2) is 6.61. The number of nitrogens with one attached hydrogen (secondary N) is 1. The van der Waals surface area contributed by atoms with E-state index in [4.69, 9.17) is 4.74 Å². The molecular formula is C21H15N3O3S. The van der Waals surface area contributed by atoms with E-state index in [0.29, 0.717) is 11.3 Å². The van der Waals surface area contributed by atoms with E-state index >= 15 is 0 Å². The number of anilines is 1. The Kier molecular flexibility index (Phi) is 3.95. The summed E-state index contributed by atoms with van der Waals surface area (Å²) in [5, 5.41) is 4.85. The first kappa shape index (κ1) is 16.7. The van der Waals surface area contributed by atoms with Crippen molar-refractivity contribution >= 4 is 33.9 Å². The first-order valence-corrected chi connectivity index (χ1v) is 9.68. The van der Waals surface area contributed by atoms with Gasteiger partial charge in [0.05, 0.1) is 17.7 Å². The highest BCUT2D eigenvalue weighted by molar-refractivity contribution is 7.15. The van der Waals surface area contributed by atoms with Crippen LogP contribution in [0.1, 0.15) is 28.4 Å². The van der Waals surface area contributed by atoms with E-state index in [1.807, 2.05) is 58.6 Å². The summed E-state index contributed by atoms with van der Waals surface area (Å²) < 4.78 is 7.31. The first-order chi connectivity index (χ1) is 13.7. The summed E-state index contributed by atoms with van der Waals surface area (Å²) in [6.45, 7) is 0. The molecule has 0 saturated carbocycles. The second-order valence-electron chi connectivity index (χ2n) is 6.53. The van der Waals surface area contributed by atoms with Crippen LogP contribution >= 0.6 is 11.3 Å². The van der Waals surface area contributed by atoms with Gasteiger partial charge in [-0.1, -0.05) is 30.3 Å². The van der Waals surface area contributed by atoms with Crippen LogP contribution < -0.4 is 5.32 Å². The van der Waals surface area contributed by atoms with Crippen LogP contribution in [0.25, 0.3) is 16.2 Å². The number of imidazole rings is 1. The molecular weight excluding hydrogens is 374 g/mol. The number of fused-ring (bicyclic) bond motifs is 2. The van der Waals surface area contributed by atoms with Gasteiger partial charge >= 0.3 is 5.97 Å². The van der Waals surface area contributed by atoms with E-state index in [0.717, 1.165) is 21.8 Å². The third-order valence-electron chi connectivity index (χ3n) is 4.71. The summed E-state index contributed by atoms with van der Waals surface area (Å²) in [5.41, 5.74) is 3.85. The zero-order valence-electron chi connectivity index (χ0n) is 14.7. The molecule has 28 heavy (non-hydrogen) atoms. The molecule has 2 aromatic carbocycles. The van der Waals surface area contributed by atoms with Crippen molar-refractivity contribution in [3.8, 4) is 11.3 Å². The third kappa shape index (κ3) is 2.95. The fraction of sp³-hybridized carbons (Fsp3) is 0.0952. The van der Waals surface area contributed by atoms with Crippen molar-refractivity contribution in [1.82, 2.24) is 9.38 Å². The van der Waals surface area contributed by atoms with Gasteiger partial charge in [-0.25, -0.2) is 9.78 Å². The summed E-state index contributed by atoms with van der Waals surface area (Å²) >= 11 is 1.58. The normalized spacial score (nSPS) is 15.4. The molecule has 1 aliphatic heterocycles. The lowest BCUT2D eigenvalue weighted by Crippen LogP contribution is -2.15. The molecule has 2 aromatic heterocycles. The summed E-state index contributed by atoms with van der Waals surface area (Å²) in [4.78, 5) is 29.8. The SMILES string of the molecule is O=C(CC1OC(=O)c2ccccc21)Nc1ccc(-c2cn3ccsc3n2)cc1. The number of rotatable bonds is 4. The molecule has 0 spiro atoms. The molecule has 5 rings (SSSR count).